The molecule has 0 bridgehead atoms. The highest BCUT2D eigenvalue weighted by atomic mass is 16.1. The summed E-state index contributed by atoms with van der Waals surface area (Å²) in [7, 11) is 0. The maximum atomic E-state index is 12.2. The number of rotatable bonds is 5. The summed E-state index contributed by atoms with van der Waals surface area (Å²) in [5.74, 6) is 2.51. The molecule has 1 aliphatic heterocycles. The molecular formula is C14H18N6O. The first-order valence-electron chi connectivity index (χ1n) is 7.55. The Balaban J connectivity index is 1.43. The third-order valence-electron chi connectivity index (χ3n) is 4.14. The second-order valence-electron chi connectivity index (χ2n) is 5.68. The van der Waals surface area contributed by atoms with Crippen LogP contribution in [0.5, 0.6) is 0 Å². The van der Waals surface area contributed by atoms with E-state index in [0.717, 1.165) is 50.3 Å². The van der Waals surface area contributed by atoms with Crippen molar-refractivity contribution in [2.45, 2.75) is 44.7 Å². The van der Waals surface area contributed by atoms with Crippen LogP contribution in [0.3, 0.4) is 0 Å². The van der Waals surface area contributed by atoms with Gasteiger partial charge in [-0.3, -0.25) is 4.79 Å². The van der Waals surface area contributed by atoms with Gasteiger partial charge in [-0.25, -0.2) is 4.98 Å². The van der Waals surface area contributed by atoms with Crippen LogP contribution in [0, 0.1) is 0 Å². The molecule has 21 heavy (non-hydrogen) atoms. The van der Waals surface area contributed by atoms with Gasteiger partial charge in [-0.1, -0.05) is 0 Å². The Morgan fingerprint density at radius 1 is 1.33 bits per heavy atom. The normalized spacial score (nSPS) is 17.0. The second-order valence-corrected chi connectivity index (χ2v) is 5.68. The Morgan fingerprint density at radius 3 is 3.10 bits per heavy atom. The van der Waals surface area contributed by atoms with Crippen LogP contribution in [0.2, 0.25) is 0 Å². The summed E-state index contributed by atoms with van der Waals surface area (Å²) in [6.07, 6.45) is 8.58. The Morgan fingerprint density at radius 2 is 2.24 bits per heavy atom. The molecule has 2 aromatic rings. The summed E-state index contributed by atoms with van der Waals surface area (Å²) >= 11 is 0. The predicted molar refractivity (Wildman–Crippen MR) is 77.3 cm³/mol. The Hall–Kier alpha value is -2.18. The van der Waals surface area contributed by atoms with Gasteiger partial charge in [0.25, 0.3) is 5.56 Å². The van der Waals surface area contributed by atoms with Crippen molar-refractivity contribution < 1.29 is 0 Å². The maximum Gasteiger partial charge on any atom is 0.293 e. The molecule has 3 heterocycles. The number of hydrogen-bond acceptors (Lipinski definition) is 5. The smallest absolute Gasteiger partial charge is 0.293 e. The lowest BCUT2D eigenvalue weighted by Crippen LogP contribution is -2.24. The molecule has 4 rings (SSSR count). The summed E-state index contributed by atoms with van der Waals surface area (Å²) in [6, 6.07) is 0.376. The van der Waals surface area contributed by atoms with Crippen LogP contribution in [0.1, 0.15) is 37.0 Å². The average molecular weight is 286 g/mol. The number of nitrogens with one attached hydrogen (secondary N) is 1. The molecule has 1 fully saturated rings. The van der Waals surface area contributed by atoms with Gasteiger partial charge in [-0.2, -0.15) is 0 Å². The van der Waals surface area contributed by atoms with E-state index in [0.29, 0.717) is 18.4 Å². The molecule has 2 aliphatic rings. The van der Waals surface area contributed by atoms with Gasteiger partial charge in [-0.15, -0.1) is 10.2 Å². The van der Waals surface area contributed by atoms with Crippen molar-refractivity contribution in [3.8, 4) is 0 Å². The number of aryl methyl sites for hydroxylation is 1. The highest BCUT2D eigenvalue weighted by Crippen LogP contribution is 2.33. The van der Waals surface area contributed by atoms with Crippen LogP contribution < -0.4 is 10.9 Å². The van der Waals surface area contributed by atoms with Gasteiger partial charge in [0.05, 0.1) is 0 Å². The van der Waals surface area contributed by atoms with Gasteiger partial charge in [0, 0.05) is 44.4 Å². The van der Waals surface area contributed by atoms with Crippen molar-refractivity contribution in [1.82, 2.24) is 24.3 Å². The zero-order chi connectivity index (χ0) is 14.2. The highest BCUT2D eigenvalue weighted by Gasteiger charge is 2.25. The molecule has 0 saturated heterocycles. The molecule has 0 spiro atoms. The van der Waals surface area contributed by atoms with Gasteiger partial charge in [0.1, 0.15) is 11.6 Å². The van der Waals surface area contributed by atoms with E-state index in [9.17, 15) is 4.79 Å². The van der Waals surface area contributed by atoms with Crippen molar-refractivity contribution >= 4 is 5.82 Å². The van der Waals surface area contributed by atoms with Gasteiger partial charge >= 0.3 is 0 Å². The largest absolute Gasteiger partial charge is 0.365 e. The molecule has 110 valence electrons. The topological polar surface area (TPSA) is 77.6 Å². The van der Waals surface area contributed by atoms with E-state index in [1.165, 1.54) is 0 Å². The molecule has 0 aromatic carbocycles. The van der Waals surface area contributed by atoms with Crippen LogP contribution in [0.25, 0.3) is 0 Å². The summed E-state index contributed by atoms with van der Waals surface area (Å²) in [5.41, 5.74) is -0.0218. The highest BCUT2D eigenvalue weighted by molar-refractivity contribution is 5.31. The number of hydrogen-bond donors (Lipinski definition) is 1. The molecule has 1 N–H and O–H groups in total. The minimum Gasteiger partial charge on any atom is -0.365 e. The molecule has 7 heteroatoms. The molecule has 0 radical (unpaired) electrons. The Kier molecular flexibility index (Phi) is 2.98. The lowest BCUT2D eigenvalue weighted by molar-refractivity contribution is 0.683. The molecule has 1 saturated carbocycles. The van der Waals surface area contributed by atoms with Gasteiger partial charge in [0.2, 0.25) is 0 Å². The molecule has 0 amide bonds. The quantitative estimate of drug-likeness (QED) is 0.878. The molecular weight excluding hydrogens is 268 g/mol. The molecule has 0 atom stereocenters. The standard InChI is InChI=1S/C14H18N6O/c21-14-13(16-7-9-19(14)10-3-4-10)15-6-5-12-18-17-11-2-1-8-20(11)12/h7,9-10H,1-6,8H2,(H,15,16). The zero-order valence-electron chi connectivity index (χ0n) is 11.8. The van der Waals surface area contributed by atoms with E-state index in [1.807, 2.05) is 0 Å². The van der Waals surface area contributed by atoms with Crippen LogP contribution in [0.15, 0.2) is 17.2 Å². The zero-order valence-corrected chi connectivity index (χ0v) is 11.8. The van der Waals surface area contributed by atoms with Crippen molar-refractivity contribution in [3.63, 3.8) is 0 Å². The van der Waals surface area contributed by atoms with E-state index in [2.05, 4.69) is 25.1 Å². The van der Waals surface area contributed by atoms with Crippen LogP contribution in [-0.4, -0.2) is 30.9 Å². The van der Waals surface area contributed by atoms with Crippen molar-refractivity contribution in [1.29, 1.82) is 0 Å². The Labute approximate surface area is 122 Å². The Bertz CT molecular complexity index is 714. The van der Waals surface area contributed by atoms with Crippen molar-refractivity contribution in [2.24, 2.45) is 0 Å². The first-order chi connectivity index (χ1) is 10.3. The summed E-state index contributed by atoms with van der Waals surface area (Å²) in [4.78, 5) is 16.4. The van der Waals surface area contributed by atoms with Gasteiger partial charge in [-0.05, 0) is 19.3 Å². The molecule has 1 aliphatic carbocycles. The summed E-state index contributed by atoms with van der Waals surface area (Å²) in [5, 5.41) is 11.5. The SMILES string of the molecule is O=c1c(NCCc2nnc3n2CCC3)nccn1C1CC1. The summed E-state index contributed by atoms with van der Waals surface area (Å²) < 4.78 is 3.96. The minimum absolute atomic E-state index is 0.0218. The van der Waals surface area contributed by atoms with Gasteiger partial charge < -0.3 is 14.5 Å². The number of nitrogens with zero attached hydrogens (tertiary/aromatic N) is 5. The fourth-order valence-corrected chi connectivity index (χ4v) is 2.87. The maximum absolute atomic E-state index is 12.2. The van der Waals surface area contributed by atoms with E-state index >= 15 is 0 Å². The monoisotopic (exact) mass is 286 g/mol. The molecule has 0 unspecified atom stereocenters. The lowest BCUT2D eigenvalue weighted by atomic mass is 10.4. The number of anilines is 1. The molecule has 7 nitrogen and oxygen atoms in total. The van der Waals surface area contributed by atoms with Crippen molar-refractivity contribution in [2.75, 3.05) is 11.9 Å². The van der Waals surface area contributed by atoms with Crippen LogP contribution in [-0.2, 0) is 19.4 Å². The lowest BCUT2D eigenvalue weighted by Gasteiger charge is -2.08. The predicted octanol–water partition coefficient (Wildman–Crippen LogP) is 0.770. The summed E-state index contributed by atoms with van der Waals surface area (Å²) in [6.45, 7) is 1.66. The van der Waals surface area contributed by atoms with Crippen LogP contribution in [0.4, 0.5) is 5.82 Å². The second kappa shape index (κ2) is 4.98. The van der Waals surface area contributed by atoms with Gasteiger partial charge in [0.15, 0.2) is 5.82 Å². The first kappa shape index (κ1) is 12.6. The van der Waals surface area contributed by atoms with E-state index < -0.39 is 0 Å². The van der Waals surface area contributed by atoms with Crippen molar-refractivity contribution in [3.05, 3.63) is 34.4 Å². The third-order valence-corrected chi connectivity index (χ3v) is 4.14. The fraction of sp³-hybridized carbons (Fsp3) is 0.571. The molecule has 2 aromatic heterocycles. The first-order valence-corrected chi connectivity index (χ1v) is 7.55. The third kappa shape index (κ3) is 2.32. The minimum atomic E-state index is -0.0218. The van der Waals surface area contributed by atoms with Crippen LogP contribution >= 0.6 is 0 Å². The van der Waals surface area contributed by atoms with E-state index in [1.54, 1.807) is 17.0 Å². The number of aromatic nitrogens is 5. The van der Waals surface area contributed by atoms with E-state index in [4.69, 9.17) is 0 Å². The van der Waals surface area contributed by atoms with E-state index in [-0.39, 0.29) is 5.56 Å². The number of fused-ring (bicyclic) bond motifs is 1. The average Bonchev–Trinajstić information content (AvgIpc) is 3.09. The fourth-order valence-electron chi connectivity index (χ4n) is 2.87.